The number of aromatic nitrogens is 2. The fraction of sp³-hybridized carbons (Fsp3) is 0.154. The van der Waals surface area contributed by atoms with Crippen LogP contribution in [-0.2, 0) is 4.74 Å². The fourth-order valence-electron chi connectivity index (χ4n) is 1.60. The van der Waals surface area contributed by atoms with Crippen LogP contribution < -0.4 is 5.56 Å². The zero-order valence-corrected chi connectivity index (χ0v) is 10.1. The van der Waals surface area contributed by atoms with Crippen molar-refractivity contribution in [3.05, 3.63) is 52.1 Å². The van der Waals surface area contributed by atoms with Gasteiger partial charge in [-0.1, -0.05) is 30.3 Å². The minimum atomic E-state index is -0.663. The lowest BCUT2D eigenvalue weighted by molar-refractivity contribution is 0.0586. The molecule has 1 aromatic carbocycles. The summed E-state index contributed by atoms with van der Waals surface area (Å²) in [5.74, 6) is -0.753. The van der Waals surface area contributed by atoms with Gasteiger partial charge in [-0.25, -0.2) is 9.78 Å². The Balaban J connectivity index is 2.64. The quantitative estimate of drug-likeness (QED) is 0.813. The highest BCUT2D eigenvalue weighted by atomic mass is 16.5. The number of rotatable bonds is 2. The molecule has 0 atom stereocenters. The van der Waals surface area contributed by atoms with Gasteiger partial charge in [0.05, 0.1) is 12.8 Å². The van der Waals surface area contributed by atoms with Crippen molar-refractivity contribution in [1.82, 2.24) is 9.97 Å². The molecule has 0 aliphatic heterocycles. The minimum absolute atomic E-state index is 0.0908. The van der Waals surface area contributed by atoms with Gasteiger partial charge in [0.2, 0.25) is 5.82 Å². The van der Waals surface area contributed by atoms with Gasteiger partial charge in [-0.05, 0) is 6.92 Å². The summed E-state index contributed by atoms with van der Waals surface area (Å²) in [5.41, 5.74) is 1.39. The predicted molar refractivity (Wildman–Crippen MR) is 66.4 cm³/mol. The normalized spacial score (nSPS) is 10.1. The molecule has 0 amide bonds. The number of ether oxygens (including phenoxy) is 1. The number of carbonyl (C=O) groups is 1. The third-order valence-corrected chi connectivity index (χ3v) is 2.58. The number of nitrogens with one attached hydrogen (secondary N) is 1. The first kappa shape index (κ1) is 12.0. The van der Waals surface area contributed by atoms with Crippen LogP contribution in [0.2, 0.25) is 0 Å². The molecule has 1 aromatic heterocycles. The van der Waals surface area contributed by atoms with Gasteiger partial charge in [0, 0.05) is 11.1 Å². The van der Waals surface area contributed by atoms with Crippen molar-refractivity contribution in [3.8, 4) is 11.3 Å². The zero-order chi connectivity index (χ0) is 13.1. The molecule has 0 saturated carbocycles. The summed E-state index contributed by atoms with van der Waals surface area (Å²) >= 11 is 0. The average molecular weight is 244 g/mol. The first-order chi connectivity index (χ1) is 8.63. The Kier molecular flexibility index (Phi) is 3.23. The number of hydrogen-bond acceptors (Lipinski definition) is 4. The third kappa shape index (κ3) is 2.15. The lowest BCUT2D eigenvalue weighted by Gasteiger charge is -2.06. The number of benzene rings is 1. The van der Waals surface area contributed by atoms with Crippen LogP contribution in [0.4, 0.5) is 0 Å². The van der Waals surface area contributed by atoms with Gasteiger partial charge in [0.25, 0.3) is 5.56 Å². The Morgan fingerprint density at radius 1 is 1.28 bits per heavy atom. The van der Waals surface area contributed by atoms with Crippen LogP contribution >= 0.6 is 0 Å². The fourth-order valence-corrected chi connectivity index (χ4v) is 1.60. The summed E-state index contributed by atoms with van der Waals surface area (Å²) in [5, 5.41) is 0. The van der Waals surface area contributed by atoms with E-state index in [9.17, 15) is 9.59 Å². The minimum Gasteiger partial charge on any atom is -0.463 e. The maximum absolute atomic E-state index is 11.8. The molecule has 2 aromatic rings. The van der Waals surface area contributed by atoms with Crippen LogP contribution in [0, 0.1) is 6.92 Å². The van der Waals surface area contributed by atoms with E-state index in [0.717, 1.165) is 5.56 Å². The van der Waals surface area contributed by atoms with Crippen LogP contribution in [0.15, 0.2) is 35.1 Å². The Bertz CT molecular complexity index is 632. The Labute approximate surface area is 103 Å². The predicted octanol–water partition coefficient (Wildman–Crippen LogP) is 1.53. The van der Waals surface area contributed by atoms with Crippen molar-refractivity contribution >= 4 is 5.97 Å². The molecule has 0 bridgehead atoms. The van der Waals surface area contributed by atoms with Gasteiger partial charge in [-0.15, -0.1) is 0 Å². The highest BCUT2D eigenvalue weighted by Gasteiger charge is 2.14. The van der Waals surface area contributed by atoms with Crippen molar-refractivity contribution in [1.29, 1.82) is 0 Å². The van der Waals surface area contributed by atoms with E-state index >= 15 is 0 Å². The van der Waals surface area contributed by atoms with Gasteiger partial charge in [0.15, 0.2) is 0 Å². The molecule has 1 heterocycles. The summed E-state index contributed by atoms with van der Waals surface area (Å²) in [6.45, 7) is 1.66. The SMILES string of the molecule is COC(=O)c1nc(-c2ccccc2)c(C)c(=O)[nH]1. The Morgan fingerprint density at radius 3 is 2.56 bits per heavy atom. The largest absolute Gasteiger partial charge is 0.463 e. The van der Waals surface area contributed by atoms with E-state index in [0.29, 0.717) is 11.3 Å². The molecule has 5 nitrogen and oxygen atoms in total. The molecule has 0 fully saturated rings. The number of nitrogens with zero attached hydrogens (tertiary/aromatic N) is 1. The topological polar surface area (TPSA) is 72.0 Å². The molecule has 0 spiro atoms. The summed E-state index contributed by atoms with van der Waals surface area (Å²) in [7, 11) is 1.24. The third-order valence-electron chi connectivity index (χ3n) is 2.58. The van der Waals surface area contributed by atoms with Crippen molar-refractivity contribution in [2.45, 2.75) is 6.92 Å². The first-order valence-electron chi connectivity index (χ1n) is 5.38. The summed E-state index contributed by atoms with van der Waals surface area (Å²) < 4.78 is 4.55. The smallest absolute Gasteiger partial charge is 0.374 e. The van der Waals surface area contributed by atoms with Crippen molar-refractivity contribution in [3.63, 3.8) is 0 Å². The summed E-state index contributed by atoms with van der Waals surface area (Å²) in [6, 6.07) is 9.21. The van der Waals surface area contributed by atoms with Crippen molar-refractivity contribution in [2.24, 2.45) is 0 Å². The number of esters is 1. The highest BCUT2D eigenvalue weighted by molar-refractivity contribution is 5.85. The second-order valence-electron chi connectivity index (χ2n) is 3.75. The molecule has 2 rings (SSSR count). The van der Waals surface area contributed by atoms with E-state index in [2.05, 4.69) is 14.7 Å². The van der Waals surface area contributed by atoms with Gasteiger partial charge in [0.1, 0.15) is 0 Å². The molecule has 18 heavy (non-hydrogen) atoms. The molecule has 0 unspecified atom stereocenters. The maximum atomic E-state index is 11.8. The molecule has 0 radical (unpaired) electrons. The number of methoxy groups -OCH3 is 1. The molecule has 0 saturated heterocycles. The van der Waals surface area contributed by atoms with E-state index in [1.807, 2.05) is 30.3 Å². The average Bonchev–Trinajstić information content (AvgIpc) is 2.41. The van der Waals surface area contributed by atoms with Crippen LogP contribution in [0.25, 0.3) is 11.3 Å². The molecule has 0 aliphatic rings. The number of aromatic amines is 1. The van der Waals surface area contributed by atoms with Crippen molar-refractivity contribution in [2.75, 3.05) is 7.11 Å². The summed E-state index contributed by atoms with van der Waals surface area (Å²) in [6.07, 6.45) is 0. The Hall–Kier alpha value is -2.43. The number of carbonyl (C=O) groups excluding carboxylic acids is 1. The van der Waals surface area contributed by atoms with Crippen LogP contribution in [-0.4, -0.2) is 23.0 Å². The maximum Gasteiger partial charge on any atom is 0.374 e. The van der Waals surface area contributed by atoms with E-state index in [1.54, 1.807) is 6.92 Å². The summed E-state index contributed by atoms with van der Waals surface area (Å²) in [4.78, 5) is 29.7. The second kappa shape index (κ2) is 4.83. The van der Waals surface area contributed by atoms with Crippen LogP contribution in [0.5, 0.6) is 0 Å². The van der Waals surface area contributed by atoms with Crippen LogP contribution in [0.3, 0.4) is 0 Å². The Morgan fingerprint density at radius 2 is 1.94 bits per heavy atom. The standard InChI is InChI=1S/C13H12N2O3/c1-8-10(9-6-4-3-5-7-9)14-11(13(17)18-2)15-12(8)16/h3-7H,1-2H3,(H,14,15,16). The van der Waals surface area contributed by atoms with E-state index in [1.165, 1.54) is 7.11 Å². The zero-order valence-electron chi connectivity index (χ0n) is 10.1. The van der Waals surface area contributed by atoms with E-state index < -0.39 is 5.97 Å². The molecule has 92 valence electrons. The molecular formula is C13H12N2O3. The van der Waals surface area contributed by atoms with E-state index in [4.69, 9.17) is 0 Å². The highest BCUT2D eigenvalue weighted by Crippen LogP contribution is 2.18. The lowest BCUT2D eigenvalue weighted by Crippen LogP contribution is -2.20. The van der Waals surface area contributed by atoms with Gasteiger partial charge in [-0.2, -0.15) is 0 Å². The van der Waals surface area contributed by atoms with Gasteiger partial charge >= 0.3 is 5.97 Å². The number of H-pyrrole nitrogens is 1. The van der Waals surface area contributed by atoms with Gasteiger partial charge < -0.3 is 9.72 Å². The van der Waals surface area contributed by atoms with E-state index in [-0.39, 0.29) is 11.4 Å². The molecular weight excluding hydrogens is 232 g/mol. The number of hydrogen-bond donors (Lipinski definition) is 1. The molecule has 1 N–H and O–H groups in total. The second-order valence-corrected chi connectivity index (χ2v) is 3.75. The van der Waals surface area contributed by atoms with Crippen LogP contribution in [0.1, 0.15) is 16.2 Å². The van der Waals surface area contributed by atoms with Crippen molar-refractivity contribution < 1.29 is 9.53 Å². The monoisotopic (exact) mass is 244 g/mol. The molecule has 0 aliphatic carbocycles. The lowest BCUT2D eigenvalue weighted by atomic mass is 10.1. The van der Waals surface area contributed by atoms with Gasteiger partial charge in [-0.3, -0.25) is 4.79 Å². The molecule has 5 heteroatoms. The first-order valence-corrected chi connectivity index (χ1v) is 5.38.